The average Bonchev–Trinajstić information content (AvgIpc) is 2.16. The summed E-state index contributed by atoms with van der Waals surface area (Å²) in [7, 11) is 1.46. The SMILES string of the molecule is COc1cncc2nc(Cl)[nH]c(=O)c12. The molecule has 5 nitrogen and oxygen atoms in total. The van der Waals surface area contributed by atoms with Gasteiger partial charge in [-0.25, -0.2) is 4.98 Å². The van der Waals surface area contributed by atoms with Crippen LogP contribution in [0.15, 0.2) is 17.2 Å². The number of hydrogen-bond donors (Lipinski definition) is 1. The van der Waals surface area contributed by atoms with Gasteiger partial charge in [0.1, 0.15) is 10.9 Å². The predicted octanol–water partition coefficient (Wildman–Crippen LogP) is 0.980. The van der Waals surface area contributed by atoms with Crippen molar-refractivity contribution in [1.29, 1.82) is 0 Å². The van der Waals surface area contributed by atoms with Crippen LogP contribution in [0.5, 0.6) is 5.75 Å². The molecule has 0 aliphatic heterocycles. The number of halogens is 1. The molecule has 2 rings (SSSR count). The summed E-state index contributed by atoms with van der Waals surface area (Å²) in [4.78, 5) is 21.6. The summed E-state index contributed by atoms with van der Waals surface area (Å²) in [5.74, 6) is 0.382. The maximum Gasteiger partial charge on any atom is 0.263 e. The second-order valence-corrected chi connectivity index (χ2v) is 2.95. The molecule has 0 saturated carbocycles. The molecule has 0 atom stereocenters. The minimum Gasteiger partial charge on any atom is -0.494 e. The van der Waals surface area contributed by atoms with Gasteiger partial charge < -0.3 is 4.74 Å². The van der Waals surface area contributed by atoms with Crippen LogP contribution in [-0.2, 0) is 0 Å². The Bertz CT molecular complexity index is 538. The van der Waals surface area contributed by atoms with Gasteiger partial charge in [0.2, 0.25) is 5.28 Å². The van der Waals surface area contributed by atoms with Gasteiger partial charge in [-0.15, -0.1) is 0 Å². The molecule has 2 aromatic heterocycles. The Morgan fingerprint density at radius 3 is 3.00 bits per heavy atom. The van der Waals surface area contributed by atoms with Gasteiger partial charge in [0.15, 0.2) is 5.75 Å². The number of aromatic nitrogens is 3. The number of rotatable bonds is 1. The van der Waals surface area contributed by atoms with Crippen LogP contribution in [0.3, 0.4) is 0 Å². The molecule has 72 valence electrons. The number of hydrogen-bond acceptors (Lipinski definition) is 4. The molecule has 0 radical (unpaired) electrons. The zero-order valence-electron chi connectivity index (χ0n) is 7.24. The third-order valence-electron chi connectivity index (χ3n) is 1.77. The summed E-state index contributed by atoms with van der Waals surface area (Å²) in [5, 5.41) is 0.393. The first-order valence-corrected chi connectivity index (χ1v) is 4.17. The molecule has 0 amide bonds. The smallest absolute Gasteiger partial charge is 0.263 e. The lowest BCUT2D eigenvalue weighted by atomic mass is 10.3. The van der Waals surface area contributed by atoms with Gasteiger partial charge in [0.05, 0.1) is 19.5 Å². The van der Waals surface area contributed by atoms with E-state index in [-0.39, 0.29) is 10.8 Å². The van der Waals surface area contributed by atoms with Crippen molar-refractivity contribution >= 4 is 22.5 Å². The van der Waals surface area contributed by atoms with Crippen molar-refractivity contribution in [3.63, 3.8) is 0 Å². The van der Waals surface area contributed by atoms with E-state index in [2.05, 4.69) is 15.0 Å². The number of ether oxygens (including phenoxy) is 1. The van der Waals surface area contributed by atoms with E-state index in [9.17, 15) is 4.79 Å². The second-order valence-electron chi connectivity index (χ2n) is 2.59. The molecule has 0 saturated heterocycles. The van der Waals surface area contributed by atoms with Crippen LogP contribution in [0.2, 0.25) is 5.28 Å². The summed E-state index contributed by atoms with van der Waals surface area (Å²) in [6.45, 7) is 0. The minimum atomic E-state index is -0.334. The van der Waals surface area contributed by atoms with E-state index < -0.39 is 0 Å². The van der Waals surface area contributed by atoms with Gasteiger partial charge in [-0.2, -0.15) is 0 Å². The highest BCUT2D eigenvalue weighted by molar-refractivity contribution is 6.28. The van der Waals surface area contributed by atoms with Crippen molar-refractivity contribution in [3.8, 4) is 5.75 Å². The van der Waals surface area contributed by atoms with Gasteiger partial charge in [-0.1, -0.05) is 0 Å². The van der Waals surface area contributed by atoms with Crippen LogP contribution in [0.4, 0.5) is 0 Å². The Kier molecular flexibility index (Phi) is 2.09. The Balaban J connectivity index is 2.94. The standard InChI is InChI=1S/C8H6ClN3O2/c1-14-5-3-10-2-4-6(5)7(13)12-8(9)11-4/h2-3H,1H3,(H,11,12,13). The molecule has 0 aliphatic rings. The molecule has 0 unspecified atom stereocenters. The molecule has 0 aromatic carbocycles. The highest BCUT2D eigenvalue weighted by Gasteiger charge is 2.08. The average molecular weight is 212 g/mol. The van der Waals surface area contributed by atoms with E-state index in [1.807, 2.05) is 0 Å². The van der Waals surface area contributed by atoms with E-state index in [4.69, 9.17) is 16.3 Å². The number of nitrogens with zero attached hydrogens (tertiary/aromatic N) is 2. The molecular weight excluding hydrogens is 206 g/mol. The first-order chi connectivity index (χ1) is 6.72. The molecular formula is C8H6ClN3O2. The maximum absolute atomic E-state index is 11.5. The van der Waals surface area contributed by atoms with E-state index >= 15 is 0 Å². The lowest BCUT2D eigenvalue weighted by molar-refractivity contribution is 0.417. The molecule has 2 aromatic rings. The lowest BCUT2D eigenvalue weighted by Crippen LogP contribution is -2.09. The predicted molar refractivity (Wildman–Crippen MR) is 51.7 cm³/mol. The molecule has 0 bridgehead atoms. The molecule has 0 spiro atoms. The number of H-pyrrole nitrogens is 1. The fourth-order valence-corrected chi connectivity index (χ4v) is 1.37. The Labute approximate surface area is 83.7 Å². The normalized spacial score (nSPS) is 10.4. The summed E-state index contributed by atoms with van der Waals surface area (Å²) < 4.78 is 4.98. The van der Waals surface area contributed by atoms with Crippen molar-refractivity contribution in [2.75, 3.05) is 7.11 Å². The molecule has 2 heterocycles. The molecule has 0 fully saturated rings. The van der Waals surface area contributed by atoms with Gasteiger partial charge in [0.25, 0.3) is 5.56 Å². The van der Waals surface area contributed by atoms with Gasteiger partial charge in [0, 0.05) is 0 Å². The van der Waals surface area contributed by atoms with Crippen LogP contribution in [0.1, 0.15) is 0 Å². The molecule has 6 heteroatoms. The van der Waals surface area contributed by atoms with Crippen molar-refractivity contribution in [2.45, 2.75) is 0 Å². The van der Waals surface area contributed by atoms with E-state index in [0.29, 0.717) is 16.7 Å². The number of methoxy groups -OCH3 is 1. The lowest BCUT2D eigenvalue weighted by Gasteiger charge is -2.02. The quantitative estimate of drug-likeness (QED) is 0.714. The third-order valence-corrected chi connectivity index (χ3v) is 1.95. The van der Waals surface area contributed by atoms with Crippen molar-refractivity contribution < 1.29 is 4.74 Å². The zero-order valence-corrected chi connectivity index (χ0v) is 8.00. The number of fused-ring (bicyclic) bond motifs is 1. The third kappa shape index (κ3) is 1.31. The maximum atomic E-state index is 11.5. The number of aromatic amines is 1. The summed E-state index contributed by atoms with van der Waals surface area (Å²) in [6.07, 6.45) is 2.91. The molecule has 1 N–H and O–H groups in total. The Morgan fingerprint density at radius 2 is 2.29 bits per heavy atom. The van der Waals surface area contributed by atoms with E-state index in [1.54, 1.807) is 0 Å². The minimum absolute atomic E-state index is 0.0394. The number of nitrogens with one attached hydrogen (secondary N) is 1. The highest BCUT2D eigenvalue weighted by atomic mass is 35.5. The van der Waals surface area contributed by atoms with E-state index in [1.165, 1.54) is 19.5 Å². The molecule has 14 heavy (non-hydrogen) atoms. The topological polar surface area (TPSA) is 67.9 Å². The number of pyridine rings is 1. The van der Waals surface area contributed by atoms with Gasteiger partial charge in [-0.05, 0) is 11.6 Å². The van der Waals surface area contributed by atoms with Crippen molar-refractivity contribution in [2.24, 2.45) is 0 Å². The largest absolute Gasteiger partial charge is 0.494 e. The second kappa shape index (κ2) is 3.26. The fourth-order valence-electron chi connectivity index (χ4n) is 1.19. The van der Waals surface area contributed by atoms with Gasteiger partial charge in [-0.3, -0.25) is 14.8 Å². The van der Waals surface area contributed by atoms with Gasteiger partial charge >= 0.3 is 0 Å². The highest BCUT2D eigenvalue weighted by Crippen LogP contribution is 2.18. The summed E-state index contributed by atoms with van der Waals surface area (Å²) in [6, 6.07) is 0. The van der Waals surface area contributed by atoms with E-state index in [0.717, 1.165) is 0 Å². The van der Waals surface area contributed by atoms with Crippen LogP contribution in [0.25, 0.3) is 10.9 Å². The first kappa shape index (κ1) is 8.96. The summed E-state index contributed by atoms with van der Waals surface area (Å²) >= 11 is 5.58. The van der Waals surface area contributed by atoms with Crippen LogP contribution in [0, 0.1) is 0 Å². The monoisotopic (exact) mass is 211 g/mol. The fraction of sp³-hybridized carbons (Fsp3) is 0.125. The molecule has 0 aliphatic carbocycles. The van der Waals surface area contributed by atoms with Crippen molar-refractivity contribution in [3.05, 3.63) is 28.0 Å². The van der Waals surface area contributed by atoms with Crippen LogP contribution in [-0.4, -0.2) is 22.1 Å². The Hall–Kier alpha value is -1.62. The van der Waals surface area contributed by atoms with Crippen molar-refractivity contribution in [1.82, 2.24) is 15.0 Å². The van der Waals surface area contributed by atoms with Crippen LogP contribution < -0.4 is 10.3 Å². The van der Waals surface area contributed by atoms with Crippen LogP contribution >= 0.6 is 11.6 Å². The first-order valence-electron chi connectivity index (χ1n) is 3.80. The zero-order chi connectivity index (χ0) is 10.1. The summed E-state index contributed by atoms with van der Waals surface area (Å²) in [5.41, 5.74) is 0.0809. The Morgan fingerprint density at radius 1 is 1.50 bits per heavy atom.